The van der Waals surface area contributed by atoms with E-state index < -0.39 is 0 Å². The van der Waals surface area contributed by atoms with Crippen LogP contribution in [-0.4, -0.2) is 48.0 Å². The molecule has 0 aromatic rings. The quantitative estimate of drug-likeness (QED) is 0.689. The van der Waals surface area contributed by atoms with Crippen LogP contribution < -0.4 is 5.32 Å². The second-order valence-corrected chi connectivity index (χ2v) is 6.57. The van der Waals surface area contributed by atoms with Gasteiger partial charge in [0.15, 0.2) is 0 Å². The van der Waals surface area contributed by atoms with Crippen LogP contribution in [0, 0.1) is 5.92 Å². The maximum Gasteiger partial charge on any atom is 0.232 e. The molecule has 1 unspecified atom stereocenters. The summed E-state index contributed by atoms with van der Waals surface area (Å²) in [5, 5.41) is 3.35. The van der Waals surface area contributed by atoms with Crippen molar-refractivity contribution in [2.24, 2.45) is 5.92 Å². The first kappa shape index (κ1) is 15.8. The number of thioether (sulfide) groups is 1. The topological polar surface area (TPSA) is 32.3 Å². The van der Waals surface area contributed by atoms with Crippen LogP contribution in [0.15, 0.2) is 0 Å². The molecule has 1 N–H and O–H groups in total. The molecule has 0 radical (unpaired) electrons. The molecule has 1 saturated heterocycles. The molecule has 1 aliphatic heterocycles. The second kappa shape index (κ2) is 8.81. The first-order valence-electron chi connectivity index (χ1n) is 7.23. The molecule has 1 fully saturated rings. The summed E-state index contributed by atoms with van der Waals surface area (Å²) in [5.74, 6) is 2.83. The van der Waals surface area contributed by atoms with Gasteiger partial charge in [-0.05, 0) is 37.5 Å². The number of nitrogens with zero attached hydrogens (tertiary/aromatic N) is 1. The molecule has 4 heteroatoms. The van der Waals surface area contributed by atoms with Crippen LogP contribution in [-0.2, 0) is 4.79 Å². The average Bonchev–Trinajstić information content (AvgIpc) is 2.84. The first-order valence-corrected chi connectivity index (χ1v) is 8.38. The molecule has 18 heavy (non-hydrogen) atoms. The third kappa shape index (κ3) is 5.61. The maximum absolute atomic E-state index is 12.2. The van der Waals surface area contributed by atoms with Gasteiger partial charge in [0.05, 0.1) is 5.75 Å². The molecule has 0 aromatic carbocycles. The highest BCUT2D eigenvalue weighted by atomic mass is 32.2. The molecule has 1 rings (SSSR count). The summed E-state index contributed by atoms with van der Waals surface area (Å²) in [4.78, 5) is 14.3. The highest BCUT2D eigenvalue weighted by Crippen LogP contribution is 2.14. The summed E-state index contributed by atoms with van der Waals surface area (Å²) in [6, 6.07) is 0.433. The highest BCUT2D eigenvalue weighted by molar-refractivity contribution is 7.99. The van der Waals surface area contributed by atoms with E-state index in [0.717, 1.165) is 44.1 Å². The summed E-state index contributed by atoms with van der Waals surface area (Å²) in [5.41, 5.74) is 0. The van der Waals surface area contributed by atoms with Gasteiger partial charge in [0, 0.05) is 19.1 Å². The third-order valence-corrected chi connectivity index (χ3v) is 4.30. The van der Waals surface area contributed by atoms with E-state index in [1.807, 2.05) is 0 Å². The van der Waals surface area contributed by atoms with Crippen molar-refractivity contribution in [2.45, 2.75) is 46.1 Å². The third-order valence-electron chi connectivity index (χ3n) is 3.33. The molecule has 1 amide bonds. The van der Waals surface area contributed by atoms with E-state index in [1.165, 1.54) is 6.42 Å². The Morgan fingerprint density at radius 2 is 2.28 bits per heavy atom. The summed E-state index contributed by atoms with van der Waals surface area (Å²) < 4.78 is 0. The van der Waals surface area contributed by atoms with E-state index >= 15 is 0 Å². The Kier molecular flexibility index (Phi) is 7.75. The zero-order chi connectivity index (χ0) is 13.4. The lowest BCUT2D eigenvalue weighted by atomic mass is 10.2. The van der Waals surface area contributed by atoms with E-state index in [9.17, 15) is 4.79 Å². The minimum absolute atomic E-state index is 0.333. The number of rotatable bonds is 8. The number of carbonyl (C=O) groups excluding carboxylic acids is 1. The van der Waals surface area contributed by atoms with Gasteiger partial charge in [-0.15, -0.1) is 0 Å². The summed E-state index contributed by atoms with van der Waals surface area (Å²) in [6.07, 6.45) is 3.37. The molecule has 106 valence electrons. The predicted molar refractivity (Wildman–Crippen MR) is 80.1 cm³/mol. The van der Waals surface area contributed by atoms with E-state index in [-0.39, 0.29) is 0 Å². The minimum atomic E-state index is 0.333. The number of amides is 1. The van der Waals surface area contributed by atoms with Crippen molar-refractivity contribution < 1.29 is 4.79 Å². The van der Waals surface area contributed by atoms with Gasteiger partial charge in [0.25, 0.3) is 0 Å². The zero-order valence-corrected chi connectivity index (χ0v) is 12.9. The first-order chi connectivity index (χ1) is 8.65. The molecule has 1 aliphatic rings. The Labute approximate surface area is 116 Å². The van der Waals surface area contributed by atoms with E-state index in [0.29, 0.717) is 17.7 Å². The van der Waals surface area contributed by atoms with Crippen LogP contribution in [0.25, 0.3) is 0 Å². The van der Waals surface area contributed by atoms with E-state index in [2.05, 4.69) is 31.0 Å². The Bertz CT molecular complexity index is 240. The zero-order valence-electron chi connectivity index (χ0n) is 12.1. The van der Waals surface area contributed by atoms with Crippen molar-refractivity contribution in [3.8, 4) is 0 Å². The molecule has 0 aromatic heterocycles. The summed E-state index contributed by atoms with van der Waals surface area (Å²) in [6.45, 7) is 9.55. The van der Waals surface area contributed by atoms with Crippen LogP contribution in [0.3, 0.4) is 0 Å². The molecule has 1 atom stereocenters. The minimum Gasteiger partial charge on any atom is -0.338 e. The molecular weight excluding hydrogens is 244 g/mol. The average molecular weight is 272 g/mol. The Hall–Kier alpha value is -0.220. The standard InChI is InChI=1S/C14H28N2OS/c1-4-8-16(13-5-7-15-10-13)14(17)11-18-9-6-12(2)3/h12-13,15H,4-11H2,1-3H3. The van der Waals surface area contributed by atoms with Crippen LogP contribution in [0.5, 0.6) is 0 Å². The molecule has 3 nitrogen and oxygen atoms in total. The van der Waals surface area contributed by atoms with Gasteiger partial charge in [-0.1, -0.05) is 20.8 Å². The Morgan fingerprint density at radius 3 is 2.83 bits per heavy atom. The lowest BCUT2D eigenvalue weighted by molar-refractivity contribution is -0.130. The van der Waals surface area contributed by atoms with Gasteiger partial charge in [0.2, 0.25) is 5.91 Å². The van der Waals surface area contributed by atoms with Crippen LogP contribution in [0.2, 0.25) is 0 Å². The number of nitrogens with one attached hydrogen (secondary N) is 1. The number of hydrogen-bond donors (Lipinski definition) is 1. The van der Waals surface area contributed by atoms with Gasteiger partial charge in [-0.3, -0.25) is 4.79 Å². The van der Waals surface area contributed by atoms with E-state index in [4.69, 9.17) is 0 Å². The maximum atomic E-state index is 12.2. The monoisotopic (exact) mass is 272 g/mol. The van der Waals surface area contributed by atoms with Crippen molar-refractivity contribution >= 4 is 17.7 Å². The number of carbonyl (C=O) groups is 1. The molecule has 1 heterocycles. The van der Waals surface area contributed by atoms with Crippen molar-refractivity contribution in [3.05, 3.63) is 0 Å². The van der Waals surface area contributed by atoms with Crippen molar-refractivity contribution in [1.29, 1.82) is 0 Å². The largest absolute Gasteiger partial charge is 0.338 e. The predicted octanol–water partition coefficient (Wildman–Crippen LogP) is 2.37. The molecule has 0 bridgehead atoms. The molecule has 0 spiro atoms. The fourth-order valence-corrected chi connectivity index (χ4v) is 3.34. The Morgan fingerprint density at radius 1 is 1.50 bits per heavy atom. The van der Waals surface area contributed by atoms with Crippen molar-refractivity contribution in [2.75, 3.05) is 31.1 Å². The highest BCUT2D eigenvalue weighted by Gasteiger charge is 2.25. The lowest BCUT2D eigenvalue weighted by Gasteiger charge is -2.28. The van der Waals surface area contributed by atoms with Crippen LogP contribution >= 0.6 is 11.8 Å². The smallest absolute Gasteiger partial charge is 0.232 e. The Balaban J connectivity index is 2.30. The summed E-state index contributed by atoms with van der Waals surface area (Å²) >= 11 is 1.79. The lowest BCUT2D eigenvalue weighted by Crippen LogP contribution is -2.43. The van der Waals surface area contributed by atoms with Crippen LogP contribution in [0.1, 0.15) is 40.0 Å². The van der Waals surface area contributed by atoms with Gasteiger partial charge < -0.3 is 10.2 Å². The van der Waals surface area contributed by atoms with Gasteiger partial charge >= 0.3 is 0 Å². The van der Waals surface area contributed by atoms with Gasteiger partial charge in [0.1, 0.15) is 0 Å². The van der Waals surface area contributed by atoms with Gasteiger partial charge in [-0.25, -0.2) is 0 Å². The van der Waals surface area contributed by atoms with Gasteiger partial charge in [-0.2, -0.15) is 11.8 Å². The molecule has 0 aliphatic carbocycles. The second-order valence-electron chi connectivity index (χ2n) is 5.47. The van der Waals surface area contributed by atoms with Crippen LogP contribution in [0.4, 0.5) is 0 Å². The molecular formula is C14H28N2OS. The molecule has 0 saturated carbocycles. The SMILES string of the molecule is CCCN(C(=O)CSCCC(C)C)C1CCNC1. The summed E-state index contributed by atoms with van der Waals surface area (Å²) in [7, 11) is 0. The number of hydrogen-bond acceptors (Lipinski definition) is 3. The van der Waals surface area contributed by atoms with Crippen molar-refractivity contribution in [3.63, 3.8) is 0 Å². The fraction of sp³-hybridized carbons (Fsp3) is 0.929. The van der Waals surface area contributed by atoms with Crippen molar-refractivity contribution in [1.82, 2.24) is 10.2 Å². The fourth-order valence-electron chi connectivity index (χ4n) is 2.22. The normalized spacial score (nSPS) is 19.4. The van der Waals surface area contributed by atoms with E-state index in [1.54, 1.807) is 11.8 Å².